The van der Waals surface area contributed by atoms with E-state index >= 15 is 0 Å². The van der Waals surface area contributed by atoms with Gasteiger partial charge >= 0.3 is 6.03 Å². The molecule has 11 nitrogen and oxygen atoms in total. The number of nitrogens with one attached hydrogen (secondary N) is 1. The van der Waals surface area contributed by atoms with E-state index in [9.17, 15) is 24.5 Å². The molecule has 1 saturated heterocycles. The summed E-state index contributed by atoms with van der Waals surface area (Å²) in [5, 5.41) is 14.2. The number of primary amides is 1. The molecule has 1 aliphatic heterocycles. The van der Waals surface area contributed by atoms with Crippen molar-refractivity contribution in [2.45, 2.75) is 18.0 Å². The molecule has 4 unspecified atom stereocenters. The number of anilines is 1. The second kappa shape index (κ2) is 12.7. The Morgan fingerprint density at radius 1 is 0.795 bits per heavy atom. The molecule has 4 atom stereocenters. The van der Waals surface area contributed by atoms with Crippen LogP contribution in [0, 0.1) is 16.0 Å². The van der Waals surface area contributed by atoms with Crippen LogP contribution in [0.1, 0.15) is 33.4 Å². The number of amides is 3. The maximum Gasteiger partial charge on any atom is 0.323 e. The number of likely N-dealkylation sites (tertiary alicyclic amines) is 1. The van der Waals surface area contributed by atoms with E-state index in [1.807, 2.05) is 0 Å². The normalized spacial score (nSPS) is 19.2. The van der Waals surface area contributed by atoms with E-state index in [0.717, 1.165) is 0 Å². The highest BCUT2D eigenvalue weighted by Gasteiger charge is 2.57. The number of nitro benzene ring substituents is 1. The van der Waals surface area contributed by atoms with Crippen LogP contribution in [0.2, 0.25) is 0 Å². The lowest BCUT2D eigenvalue weighted by atomic mass is 9.76. The van der Waals surface area contributed by atoms with Crippen molar-refractivity contribution in [1.82, 2.24) is 4.90 Å². The van der Waals surface area contributed by atoms with E-state index in [2.05, 4.69) is 5.32 Å². The molecule has 0 aliphatic carbocycles. The summed E-state index contributed by atoms with van der Waals surface area (Å²) in [6.07, 6.45) is 0. The number of carbonyl (C=O) groups is 3. The lowest BCUT2D eigenvalue weighted by Crippen LogP contribution is -2.48. The van der Waals surface area contributed by atoms with Crippen molar-refractivity contribution in [2.75, 3.05) is 19.5 Å². The highest BCUT2D eigenvalue weighted by atomic mass is 16.6. The van der Waals surface area contributed by atoms with Gasteiger partial charge < -0.3 is 25.4 Å². The molecule has 3 amide bonds. The zero-order valence-electron chi connectivity index (χ0n) is 24.0. The average molecular weight is 595 g/mol. The Morgan fingerprint density at radius 2 is 1.34 bits per heavy atom. The SMILES string of the molecule is COc1ccc(NC(=O)N2C(C(N)=O)C(c3ccc([N+](=O)[O-])cc3)C(C(=O)c3ccccc3)C2c2ccc(OC)cc2)cc1. The highest BCUT2D eigenvalue weighted by Crippen LogP contribution is 2.51. The number of nitro groups is 1. The number of rotatable bonds is 9. The molecular weight excluding hydrogens is 564 g/mol. The molecule has 4 aromatic carbocycles. The fraction of sp³-hybridized carbons (Fsp3) is 0.182. The van der Waals surface area contributed by atoms with Crippen LogP contribution >= 0.6 is 0 Å². The third-order valence-electron chi connectivity index (χ3n) is 7.84. The maximum atomic E-state index is 14.4. The first-order valence-electron chi connectivity index (χ1n) is 13.7. The summed E-state index contributed by atoms with van der Waals surface area (Å²) in [4.78, 5) is 54.1. The Kier molecular flexibility index (Phi) is 8.56. The third-order valence-corrected chi connectivity index (χ3v) is 7.84. The van der Waals surface area contributed by atoms with Gasteiger partial charge in [0.2, 0.25) is 5.91 Å². The van der Waals surface area contributed by atoms with Crippen LogP contribution in [-0.4, -0.2) is 47.8 Å². The van der Waals surface area contributed by atoms with E-state index in [1.54, 1.807) is 78.9 Å². The Labute approximate surface area is 253 Å². The van der Waals surface area contributed by atoms with Gasteiger partial charge in [0.15, 0.2) is 5.78 Å². The molecule has 0 aromatic heterocycles. The molecule has 1 heterocycles. The number of ether oxygens (including phenoxy) is 2. The minimum Gasteiger partial charge on any atom is -0.497 e. The number of nitrogens with zero attached hydrogens (tertiary/aromatic N) is 2. The van der Waals surface area contributed by atoms with Crippen LogP contribution in [0.5, 0.6) is 11.5 Å². The number of benzene rings is 4. The van der Waals surface area contributed by atoms with Gasteiger partial charge in [0, 0.05) is 29.3 Å². The summed E-state index contributed by atoms with van der Waals surface area (Å²) >= 11 is 0. The number of methoxy groups -OCH3 is 2. The fourth-order valence-electron chi connectivity index (χ4n) is 5.82. The van der Waals surface area contributed by atoms with Gasteiger partial charge in [-0.05, 0) is 47.5 Å². The summed E-state index contributed by atoms with van der Waals surface area (Å²) in [7, 11) is 3.05. The van der Waals surface area contributed by atoms with E-state index in [-0.39, 0.29) is 11.5 Å². The molecule has 0 bridgehead atoms. The monoisotopic (exact) mass is 594 g/mol. The first-order valence-corrected chi connectivity index (χ1v) is 13.7. The first-order chi connectivity index (χ1) is 21.2. The van der Waals surface area contributed by atoms with Gasteiger partial charge in [-0.25, -0.2) is 4.79 Å². The molecule has 224 valence electrons. The summed E-state index contributed by atoms with van der Waals surface area (Å²) in [5.74, 6) is -1.94. The molecule has 5 rings (SSSR count). The van der Waals surface area contributed by atoms with Crippen LogP contribution in [0.4, 0.5) is 16.2 Å². The summed E-state index contributed by atoms with van der Waals surface area (Å²) in [6, 6.07) is 24.8. The lowest BCUT2D eigenvalue weighted by Gasteiger charge is -2.31. The Hall–Kier alpha value is -5.71. The standard InChI is InChI=1S/C33H30N4O7/c1-43-25-16-10-21(11-17-25)29-28(31(38)22-6-4-3-5-7-22)27(20-8-14-24(15-9-20)37(41)42)30(32(34)39)36(29)33(40)35-23-12-18-26(44-2)19-13-23/h3-19,27-30H,1-2H3,(H2,34,39)(H,35,40). The molecule has 11 heteroatoms. The number of nitrogens with two attached hydrogens (primary N) is 1. The quantitative estimate of drug-likeness (QED) is 0.151. The van der Waals surface area contributed by atoms with Crippen molar-refractivity contribution in [2.24, 2.45) is 11.7 Å². The van der Waals surface area contributed by atoms with Crippen molar-refractivity contribution in [3.8, 4) is 11.5 Å². The molecule has 0 spiro atoms. The van der Waals surface area contributed by atoms with Gasteiger partial charge in [0.25, 0.3) is 5.69 Å². The molecule has 4 aromatic rings. The predicted molar refractivity (Wildman–Crippen MR) is 163 cm³/mol. The number of Topliss-reactive ketones (excluding diaryl/α,β-unsaturated/α-hetero) is 1. The van der Waals surface area contributed by atoms with E-state index in [0.29, 0.717) is 33.9 Å². The maximum absolute atomic E-state index is 14.4. The number of hydrogen-bond donors (Lipinski definition) is 2. The Bertz CT molecular complexity index is 1660. The molecule has 3 N–H and O–H groups in total. The van der Waals surface area contributed by atoms with Crippen molar-refractivity contribution in [3.05, 3.63) is 130 Å². The summed E-state index contributed by atoms with van der Waals surface area (Å²) in [6.45, 7) is 0. The number of urea groups is 1. The average Bonchev–Trinajstić information content (AvgIpc) is 3.42. The summed E-state index contributed by atoms with van der Waals surface area (Å²) in [5.41, 5.74) is 7.70. The zero-order chi connectivity index (χ0) is 31.4. The van der Waals surface area contributed by atoms with Crippen molar-refractivity contribution >= 4 is 29.1 Å². The van der Waals surface area contributed by atoms with Gasteiger partial charge in [-0.3, -0.25) is 19.7 Å². The largest absolute Gasteiger partial charge is 0.497 e. The molecular formula is C33H30N4O7. The minimum atomic E-state index is -1.29. The van der Waals surface area contributed by atoms with Crippen molar-refractivity contribution in [3.63, 3.8) is 0 Å². The first kappa shape index (κ1) is 29.8. The fourth-order valence-corrected chi connectivity index (χ4v) is 5.82. The topological polar surface area (TPSA) is 154 Å². The van der Waals surface area contributed by atoms with Crippen LogP contribution in [0.15, 0.2) is 103 Å². The number of non-ortho nitro benzene ring substituents is 1. The minimum absolute atomic E-state index is 0.158. The molecule has 1 fully saturated rings. The molecule has 0 saturated carbocycles. The zero-order valence-corrected chi connectivity index (χ0v) is 24.0. The highest BCUT2D eigenvalue weighted by molar-refractivity contribution is 6.02. The van der Waals surface area contributed by atoms with Crippen LogP contribution < -0.4 is 20.5 Å². The Morgan fingerprint density at radius 3 is 1.86 bits per heavy atom. The van der Waals surface area contributed by atoms with E-state index in [4.69, 9.17) is 15.2 Å². The van der Waals surface area contributed by atoms with Gasteiger partial charge in [0.05, 0.1) is 31.1 Å². The number of carbonyl (C=O) groups excluding carboxylic acids is 3. The molecule has 44 heavy (non-hydrogen) atoms. The van der Waals surface area contributed by atoms with Crippen LogP contribution in [0.3, 0.4) is 0 Å². The molecule has 0 radical (unpaired) electrons. The van der Waals surface area contributed by atoms with E-state index < -0.39 is 40.8 Å². The number of ketones is 1. The van der Waals surface area contributed by atoms with Gasteiger partial charge in [-0.1, -0.05) is 54.6 Å². The van der Waals surface area contributed by atoms with Crippen molar-refractivity contribution < 1.29 is 28.8 Å². The van der Waals surface area contributed by atoms with Gasteiger partial charge in [-0.2, -0.15) is 0 Å². The second-order valence-electron chi connectivity index (χ2n) is 10.3. The van der Waals surface area contributed by atoms with Crippen LogP contribution in [-0.2, 0) is 4.79 Å². The second-order valence-corrected chi connectivity index (χ2v) is 10.3. The molecule has 1 aliphatic rings. The smallest absolute Gasteiger partial charge is 0.323 e. The van der Waals surface area contributed by atoms with Gasteiger partial charge in [-0.15, -0.1) is 0 Å². The third kappa shape index (κ3) is 5.80. The Balaban J connectivity index is 1.70. The van der Waals surface area contributed by atoms with Crippen LogP contribution in [0.25, 0.3) is 0 Å². The predicted octanol–water partition coefficient (Wildman–Crippen LogP) is 5.34. The number of hydrogen-bond acceptors (Lipinski definition) is 7. The lowest BCUT2D eigenvalue weighted by molar-refractivity contribution is -0.384. The van der Waals surface area contributed by atoms with E-state index in [1.165, 1.54) is 43.4 Å². The van der Waals surface area contributed by atoms with Crippen molar-refractivity contribution in [1.29, 1.82) is 0 Å². The summed E-state index contributed by atoms with van der Waals surface area (Å²) < 4.78 is 10.5. The van der Waals surface area contributed by atoms with Gasteiger partial charge in [0.1, 0.15) is 17.5 Å².